The summed E-state index contributed by atoms with van der Waals surface area (Å²) in [6.45, 7) is 2.30. The number of carbonyl (C=O) groups is 1. The molecule has 0 spiro atoms. The summed E-state index contributed by atoms with van der Waals surface area (Å²) in [6.07, 6.45) is 3.65. The van der Waals surface area contributed by atoms with Gasteiger partial charge in [-0.2, -0.15) is 4.31 Å². The highest BCUT2D eigenvalue weighted by Gasteiger charge is 2.44. The van der Waals surface area contributed by atoms with Gasteiger partial charge in [0.2, 0.25) is 15.9 Å². The maximum atomic E-state index is 13.0. The van der Waals surface area contributed by atoms with E-state index in [9.17, 15) is 13.2 Å². The number of carbonyl (C=O) groups excluding carboxylic acids is 1. The molecule has 142 valence electrons. The summed E-state index contributed by atoms with van der Waals surface area (Å²) in [7, 11) is -3.53. The maximum absolute atomic E-state index is 13.0. The summed E-state index contributed by atoms with van der Waals surface area (Å²) < 4.78 is 27.2. The lowest BCUT2D eigenvalue weighted by atomic mass is 9.98. The molecule has 1 aliphatic carbocycles. The minimum Gasteiger partial charge on any atom is -0.342 e. The van der Waals surface area contributed by atoms with Crippen LogP contribution in [0.25, 0.3) is 0 Å². The van der Waals surface area contributed by atoms with Crippen molar-refractivity contribution in [3.63, 3.8) is 0 Å². The van der Waals surface area contributed by atoms with Crippen LogP contribution in [0, 0.1) is 17.8 Å². The normalized spacial score (nSPS) is 32.6. The zero-order valence-electron chi connectivity index (χ0n) is 15.0. The van der Waals surface area contributed by atoms with Crippen molar-refractivity contribution in [1.29, 1.82) is 0 Å². The van der Waals surface area contributed by atoms with Gasteiger partial charge in [-0.15, -0.1) is 0 Å². The molecule has 2 N–H and O–H groups in total. The van der Waals surface area contributed by atoms with Crippen LogP contribution < -0.4 is 5.73 Å². The molecule has 0 aromatic heterocycles. The van der Waals surface area contributed by atoms with Crippen molar-refractivity contribution in [2.45, 2.75) is 36.6 Å². The van der Waals surface area contributed by atoms with Crippen molar-refractivity contribution in [3.05, 3.63) is 30.3 Å². The fraction of sp³-hybridized carbons (Fsp3) is 0.632. The molecule has 2 aliphatic heterocycles. The quantitative estimate of drug-likeness (QED) is 0.860. The number of piperidine rings is 1. The predicted octanol–water partition coefficient (Wildman–Crippen LogP) is 1.28. The molecule has 7 heteroatoms. The van der Waals surface area contributed by atoms with Crippen LogP contribution in [0.5, 0.6) is 0 Å². The Morgan fingerprint density at radius 2 is 1.81 bits per heavy atom. The van der Waals surface area contributed by atoms with E-state index < -0.39 is 10.0 Å². The number of nitrogens with two attached hydrogens (primary N) is 1. The lowest BCUT2D eigenvalue weighted by molar-refractivity contribution is -0.135. The van der Waals surface area contributed by atoms with Crippen molar-refractivity contribution >= 4 is 15.9 Å². The standard InChI is InChI=1S/C19H27N3O3S/c20-18-9-8-14-11-21(13-17(14)18)19(23)15-5-4-10-22(12-15)26(24,25)16-6-2-1-3-7-16/h1-3,6-7,14-15,17-18H,4-5,8-13,20H2. The Hall–Kier alpha value is -1.44. The molecular formula is C19H27N3O3S. The van der Waals surface area contributed by atoms with E-state index in [2.05, 4.69) is 0 Å². The van der Waals surface area contributed by atoms with Crippen molar-refractivity contribution in [1.82, 2.24) is 9.21 Å². The summed E-state index contributed by atoms with van der Waals surface area (Å²) in [4.78, 5) is 15.3. The number of rotatable bonds is 3. The fourth-order valence-electron chi connectivity index (χ4n) is 4.85. The monoisotopic (exact) mass is 377 g/mol. The molecular weight excluding hydrogens is 350 g/mol. The van der Waals surface area contributed by atoms with E-state index in [0.717, 1.165) is 38.8 Å². The van der Waals surface area contributed by atoms with Crippen LogP contribution in [0.2, 0.25) is 0 Å². The first kappa shape index (κ1) is 17.9. The van der Waals surface area contributed by atoms with Gasteiger partial charge in [0.1, 0.15) is 0 Å². The van der Waals surface area contributed by atoms with Gasteiger partial charge in [0.05, 0.1) is 10.8 Å². The number of nitrogens with zero attached hydrogens (tertiary/aromatic N) is 2. The molecule has 0 radical (unpaired) electrons. The van der Waals surface area contributed by atoms with Crippen LogP contribution in [0.15, 0.2) is 35.2 Å². The Labute approximate surface area is 155 Å². The molecule has 1 saturated carbocycles. The number of amides is 1. The number of fused-ring (bicyclic) bond motifs is 1. The van der Waals surface area contributed by atoms with Crippen LogP contribution in [-0.2, 0) is 14.8 Å². The summed E-state index contributed by atoms with van der Waals surface area (Å²) in [6, 6.07) is 8.70. The predicted molar refractivity (Wildman–Crippen MR) is 98.7 cm³/mol. The number of hydrogen-bond donors (Lipinski definition) is 1. The van der Waals surface area contributed by atoms with Crippen LogP contribution in [0.1, 0.15) is 25.7 Å². The average molecular weight is 378 g/mol. The molecule has 1 aromatic rings. The van der Waals surface area contributed by atoms with Crippen molar-refractivity contribution < 1.29 is 13.2 Å². The number of hydrogen-bond acceptors (Lipinski definition) is 4. The fourth-order valence-corrected chi connectivity index (χ4v) is 6.39. The van der Waals surface area contributed by atoms with Gasteiger partial charge in [-0.3, -0.25) is 4.79 Å². The van der Waals surface area contributed by atoms with Gasteiger partial charge in [-0.05, 0) is 49.7 Å². The van der Waals surface area contributed by atoms with Crippen molar-refractivity contribution in [2.24, 2.45) is 23.5 Å². The minimum absolute atomic E-state index is 0.111. The highest BCUT2D eigenvalue weighted by Crippen LogP contribution is 2.38. The summed E-state index contributed by atoms with van der Waals surface area (Å²) in [5, 5.41) is 0. The maximum Gasteiger partial charge on any atom is 0.243 e. The first-order chi connectivity index (χ1) is 12.5. The second-order valence-electron chi connectivity index (χ2n) is 7.92. The van der Waals surface area contributed by atoms with Gasteiger partial charge in [0, 0.05) is 32.2 Å². The van der Waals surface area contributed by atoms with Gasteiger partial charge < -0.3 is 10.6 Å². The van der Waals surface area contributed by atoms with Crippen LogP contribution in [-0.4, -0.2) is 55.8 Å². The van der Waals surface area contributed by atoms with E-state index >= 15 is 0 Å². The SMILES string of the molecule is NC1CCC2CN(C(=O)C3CCCN(S(=O)(=O)c4ccccc4)C3)CC12. The van der Waals surface area contributed by atoms with Gasteiger partial charge in [0.25, 0.3) is 0 Å². The third kappa shape index (κ3) is 3.17. The van der Waals surface area contributed by atoms with Crippen LogP contribution >= 0.6 is 0 Å². The second-order valence-corrected chi connectivity index (χ2v) is 9.86. The Balaban J connectivity index is 1.45. The van der Waals surface area contributed by atoms with E-state index in [-0.39, 0.29) is 24.4 Å². The smallest absolute Gasteiger partial charge is 0.243 e. The lowest BCUT2D eigenvalue weighted by Crippen LogP contribution is -2.46. The molecule has 3 aliphatic rings. The van der Waals surface area contributed by atoms with Crippen LogP contribution in [0.4, 0.5) is 0 Å². The van der Waals surface area contributed by atoms with Crippen molar-refractivity contribution in [2.75, 3.05) is 26.2 Å². The van der Waals surface area contributed by atoms with Crippen LogP contribution in [0.3, 0.4) is 0 Å². The lowest BCUT2D eigenvalue weighted by Gasteiger charge is -2.33. The third-order valence-electron chi connectivity index (χ3n) is 6.34. The molecule has 3 fully saturated rings. The molecule has 1 aromatic carbocycles. The highest BCUT2D eigenvalue weighted by atomic mass is 32.2. The largest absolute Gasteiger partial charge is 0.342 e. The molecule has 4 unspecified atom stereocenters. The first-order valence-corrected chi connectivity index (χ1v) is 11.0. The topological polar surface area (TPSA) is 83.7 Å². The number of benzene rings is 1. The molecule has 4 rings (SSSR count). The van der Waals surface area contributed by atoms with Gasteiger partial charge in [-0.1, -0.05) is 18.2 Å². The molecule has 26 heavy (non-hydrogen) atoms. The third-order valence-corrected chi connectivity index (χ3v) is 8.22. The molecule has 1 amide bonds. The Morgan fingerprint density at radius 3 is 2.54 bits per heavy atom. The summed E-state index contributed by atoms with van der Waals surface area (Å²) in [5.41, 5.74) is 6.18. The van der Waals surface area contributed by atoms with E-state index in [1.807, 2.05) is 4.90 Å². The van der Waals surface area contributed by atoms with Crippen molar-refractivity contribution in [3.8, 4) is 0 Å². The van der Waals surface area contributed by atoms with Gasteiger partial charge in [0.15, 0.2) is 0 Å². The highest BCUT2D eigenvalue weighted by molar-refractivity contribution is 7.89. The molecule has 2 heterocycles. The molecule has 0 bridgehead atoms. The zero-order valence-corrected chi connectivity index (χ0v) is 15.8. The zero-order chi connectivity index (χ0) is 18.3. The first-order valence-electron chi connectivity index (χ1n) is 9.56. The Bertz CT molecular complexity index is 767. The van der Waals surface area contributed by atoms with E-state index in [4.69, 9.17) is 5.73 Å². The van der Waals surface area contributed by atoms with E-state index in [1.165, 1.54) is 4.31 Å². The van der Waals surface area contributed by atoms with Gasteiger partial charge >= 0.3 is 0 Å². The van der Waals surface area contributed by atoms with E-state index in [0.29, 0.717) is 23.3 Å². The van der Waals surface area contributed by atoms with E-state index in [1.54, 1.807) is 30.3 Å². The molecule has 2 saturated heterocycles. The number of likely N-dealkylation sites (tertiary alicyclic amines) is 1. The summed E-state index contributed by atoms with van der Waals surface area (Å²) >= 11 is 0. The molecule has 6 nitrogen and oxygen atoms in total. The Kier molecular flexibility index (Phi) is 4.79. The minimum atomic E-state index is -3.53. The summed E-state index contributed by atoms with van der Waals surface area (Å²) in [5.74, 6) is 0.824. The Morgan fingerprint density at radius 1 is 1.04 bits per heavy atom. The second kappa shape index (κ2) is 6.94. The number of sulfonamides is 1. The molecule has 4 atom stereocenters. The average Bonchev–Trinajstić information content (AvgIpc) is 3.24. The van der Waals surface area contributed by atoms with Gasteiger partial charge in [-0.25, -0.2) is 8.42 Å².